The molecule has 0 saturated heterocycles. The lowest BCUT2D eigenvalue weighted by molar-refractivity contribution is 0.0447. The molecule has 0 aliphatic rings. The molecule has 0 N–H and O–H groups in total. The summed E-state index contributed by atoms with van der Waals surface area (Å²) in [6.07, 6.45) is 12.0. The Morgan fingerprint density at radius 3 is 2.03 bits per heavy atom. The van der Waals surface area contributed by atoms with Crippen molar-refractivity contribution in [3.8, 4) is 11.5 Å². The number of unbranched alkanes of at least 4 members (excludes halogenated alkanes) is 2. The summed E-state index contributed by atoms with van der Waals surface area (Å²) in [5.41, 5.74) is 5.00. The van der Waals surface area contributed by atoms with Crippen LogP contribution < -0.4 is 9.47 Å². The summed E-state index contributed by atoms with van der Waals surface area (Å²) in [7, 11) is 3.28. The van der Waals surface area contributed by atoms with E-state index in [1.54, 1.807) is 14.2 Å². The molecule has 0 radical (unpaired) electrons. The van der Waals surface area contributed by atoms with Crippen molar-refractivity contribution in [1.82, 2.24) is 0 Å². The van der Waals surface area contributed by atoms with Crippen molar-refractivity contribution in [3.05, 3.63) is 46.6 Å². The van der Waals surface area contributed by atoms with Gasteiger partial charge in [0.25, 0.3) is 0 Å². The average Bonchev–Trinajstić information content (AvgIpc) is 2.69. The van der Waals surface area contributed by atoms with Gasteiger partial charge < -0.3 is 18.9 Å². The van der Waals surface area contributed by atoms with E-state index in [0.29, 0.717) is 0 Å². The summed E-state index contributed by atoms with van der Waals surface area (Å²) in [5, 5.41) is 0. The molecule has 0 aliphatic heterocycles. The fourth-order valence-corrected chi connectivity index (χ4v) is 3.07. The summed E-state index contributed by atoms with van der Waals surface area (Å²) >= 11 is 0. The first kappa shape index (κ1) is 25.3. The quantitative estimate of drug-likeness (QED) is 0.187. The van der Waals surface area contributed by atoms with Crippen molar-refractivity contribution >= 4 is 0 Å². The molecule has 4 heteroatoms. The van der Waals surface area contributed by atoms with Crippen molar-refractivity contribution in [2.75, 3.05) is 27.8 Å². The largest absolute Gasteiger partial charge is 0.467 e. The average molecular weight is 405 g/mol. The van der Waals surface area contributed by atoms with Crippen LogP contribution in [0.3, 0.4) is 0 Å². The van der Waals surface area contributed by atoms with E-state index >= 15 is 0 Å². The topological polar surface area (TPSA) is 36.9 Å². The van der Waals surface area contributed by atoms with E-state index in [4.69, 9.17) is 18.9 Å². The third kappa shape index (κ3) is 10.5. The molecule has 0 saturated carbocycles. The van der Waals surface area contributed by atoms with Gasteiger partial charge in [-0.1, -0.05) is 43.1 Å². The Bertz CT molecular complexity index is 613. The molecule has 0 atom stereocenters. The van der Waals surface area contributed by atoms with Crippen molar-refractivity contribution < 1.29 is 18.9 Å². The van der Waals surface area contributed by atoms with Crippen LogP contribution in [0.2, 0.25) is 0 Å². The van der Waals surface area contributed by atoms with Gasteiger partial charge in [0, 0.05) is 19.8 Å². The van der Waals surface area contributed by atoms with Crippen LogP contribution in [-0.4, -0.2) is 27.8 Å². The highest BCUT2D eigenvalue weighted by Crippen LogP contribution is 2.33. The number of hydrogen-bond acceptors (Lipinski definition) is 4. The zero-order valence-electron chi connectivity index (χ0n) is 19.3. The molecule has 0 bridgehead atoms. The summed E-state index contributed by atoms with van der Waals surface area (Å²) in [4.78, 5) is 0. The lowest BCUT2D eigenvalue weighted by Gasteiger charge is -2.17. The van der Waals surface area contributed by atoms with Gasteiger partial charge in [-0.15, -0.1) is 0 Å². The molecule has 1 rings (SSSR count). The molecule has 4 nitrogen and oxygen atoms in total. The van der Waals surface area contributed by atoms with Crippen LogP contribution in [0.4, 0.5) is 0 Å². The minimum absolute atomic E-state index is 0.221. The van der Waals surface area contributed by atoms with Crippen LogP contribution in [-0.2, 0) is 22.3 Å². The third-order valence-electron chi connectivity index (χ3n) is 4.71. The molecule has 0 unspecified atom stereocenters. The highest BCUT2D eigenvalue weighted by molar-refractivity contribution is 5.49. The Morgan fingerprint density at radius 1 is 0.897 bits per heavy atom. The third-order valence-corrected chi connectivity index (χ3v) is 4.71. The zero-order chi connectivity index (χ0) is 21.5. The van der Waals surface area contributed by atoms with Crippen LogP contribution >= 0.6 is 0 Å². The Kier molecular flexibility index (Phi) is 13.2. The molecular weight excluding hydrogens is 364 g/mol. The number of rotatable bonds is 15. The van der Waals surface area contributed by atoms with E-state index in [9.17, 15) is 0 Å². The van der Waals surface area contributed by atoms with Crippen molar-refractivity contribution in [3.63, 3.8) is 0 Å². The van der Waals surface area contributed by atoms with Crippen LogP contribution in [0.25, 0.3) is 0 Å². The number of allylic oxidation sites excluding steroid dienone is 4. The Morgan fingerprint density at radius 2 is 1.52 bits per heavy atom. The number of benzene rings is 1. The molecular formula is C25H40O4. The smallest absolute Gasteiger partial charge is 0.188 e. The van der Waals surface area contributed by atoms with Crippen LogP contribution in [0, 0.1) is 0 Å². The summed E-state index contributed by atoms with van der Waals surface area (Å²) < 4.78 is 22.1. The van der Waals surface area contributed by atoms with E-state index in [0.717, 1.165) is 49.2 Å². The summed E-state index contributed by atoms with van der Waals surface area (Å²) in [5.74, 6) is 1.67. The molecule has 29 heavy (non-hydrogen) atoms. The maximum atomic E-state index is 5.92. The molecule has 0 aromatic heterocycles. The van der Waals surface area contributed by atoms with E-state index in [-0.39, 0.29) is 13.6 Å². The minimum atomic E-state index is 0.221. The van der Waals surface area contributed by atoms with Gasteiger partial charge in [-0.05, 0) is 70.6 Å². The van der Waals surface area contributed by atoms with E-state index < -0.39 is 0 Å². The minimum Gasteiger partial charge on any atom is -0.467 e. The monoisotopic (exact) mass is 404 g/mol. The zero-order valence-corrected chi connectivity index (χ0v) is 19.3. The Balaban J connectivity index is 3.08. The molecule has 0 spiro atoms. The SMILES string of the molecule is CCCCCc1cc(OCOC)c(CC=C(C)CCC=C(C)C)c(OCOC)c1. The van der Waals surface area contributed by atoms with Gasteiger partial charge in [0.05, 0.1) is 0 Å². The molecule has 0 fully saturated rings. The number of ether oxygens (including phenoxy) is 4. The van der Waals surface area contributed by atoms with Gasteiger partial charge in [0.1, 0.15) is 11.5 Å². The molecule has 0 amide bonds. The Labute approximate surface area is 177 Å². The normalized spacial score (nSPS) is 11.4. The standard InChI is InChI=1S/C25H40O4/c1-7-8-9-13-22-16-24(28-18-26-5)23(25(17-22)29-19-27-6)15-14-21(4)12-10-11-20(2)3/h11,14,16-17H,7-10,12-13,15,18-19H2,1-6H3. The van der Waals surface area contributed by atoms with E-state index in [1.807, 2.05) is 0 Å². The van der Waals surface area contributed by atoms with Gasteiger partial charge in [-0.3, -0.25) is 0 Å². The first-order valence-corrected chi connectivity index (χ1v) is 10.7. The molecule has 1 aromatic rings. The van der Waals surface area contributed by atoms with Gasteiger partial charge >= 0.3 is 0 Å². The number of hydrogen-bond donors (Lipinski definition) is 0. The Hall–Kier alpha value is -1.78. The maximum absolute atomic E-state index is 5.92. The van der Waals surface area contributed by atoms with Crippen molar-refractivity contribution in [2.45, 2.75) is 72.6 Å². The number of aryl methyl sites for hydroxylation is 1. The van der Waals surface area contributed by atoms with Gasteiger partial charge in [0.2, 0.25) is 0 Å². The van der Waals surface area contributed by atoms with E-state index in [1.165, 1.54) is 29.6 Å². The first-order chi connectivity index (χ1) is 14.0. The predicted molar refractivity (Wildman–Crippen MR) is 121 cm³/mol. The predicted octanol–water partition coefficient (Wildman–Crippen LogP) is 6.62. The maximum Gasteiger partial charge on any atom is 0.188 e. The molecule has 1 aromatic carbocycles. The van der Waals surface area contributed by atoms with Crippen molar-refractivity contribution in [2.24, 2.45) is 0 Å². The van der Waals surface area contributed by atoms with Crippen LogP contribution in [0.5, 0.6) is 11.5 Å². The van der Waals surface area contributed by atoms with Crippen LogP contribution in [0.1, 0.15) is 70.9 Å². The lowest BCUT2D eigenvalue weighted by atomic mass is 10.00. The van der Waals surface area contributed by atoms with Crippen molar-refractivity contribution in [1.29, 1.82) is 0 Å². The molecule has 0 aliphatic carbocycles. The van der Waals surface area contributed by atoms with Crippen LogP contribution in [0.15, 0.2) is 35.4 Å². The second-order valence-corrected chi connectivity index (χ2v) is 7.70. The van der Waals surface area contributed by atoms with Gasteiger partial charge in [0.15, 0.2) is 13.6 Å². The second kappa shape index (κ2) is 15.1. The summed E-state index contributed by atoms with van der Waals surface area (Å²) in [6, 6.07) is 4.27. The molecule has 0 heterocycles. The highest BCUT2D eigenvalue weighted by Gasteiger charge is 2.14. The second-order valence-electron chi connectivity index (χ2n) is 7.70. The fourth-order valence-electron chi connectivity index (χ4n) is 3.07. The lowest BCUT2D eigenvalue weighted by Crippen LogP contribution is -2.07. The van der Waals surface area contributed by atoms with E-state index in [2.05, 4.69) is 52.0 Å². The first-order valence-electron chi connectivity index (χ1n) is 10.7. The number of methoxy groups -OCH3 is 2. The summed E-state index contributed by atoms with van der Waals surface area (Å²) in [6.45, 7) is 9.12. The molecule has 164 valence electrons. The van der Waals surface area contributed by atoms with Gasteiger partial charge in [-0.25, -0.2) is 0 Å². The van der Waals surface area contributed by atoms with Gasteiger partial charge in [-0.2, -0.15) is 0 Å². The highest BCUT2D eigenvalue weighted by atomic mass is 16.7. The fraction of sp³-hybridized carbons (Fsp3) is 0.600.